The van der Waals surface area contributed by atoms with Gasteiger partial charge in [-0.25, -0.2) is 9.59 Å². The molecular formula is C13H19N3O4. The van der Waals surface area contributed by atoms with Crippen LogP contribution in [0.25, 0.3) is 0 Å². The molecule has 1 aromatic heterocycles. The van der Waals surface area contributed by atoms with Gasteiger partial charge < -0.3 is 14.7 Å². The number of amides is 1. The lowest BCUT2D eigenvalue weighted by molar-refractivity contribution is 0.0206. The Morgan fingerprint density at radius 1 is 1.45 bits per heavy atom. The van der Waals surface area contributed by atoms with Crippen molar-refractivity contribution in [2.45, 2.75) is 45.8 Å². The number of carbonyl (C=O) groups is 2. The topological polar surface area (TPSA) is 95.5 Å². The molecule has 1 amide bonds. The number of hydrogen-bond donors (Lipinski definition) is 2. The average Bonchev–Trinajstić information content (AvgIpc) is 2.70. The number of fused-ring (bicyclic) bond motifs is 1. The second kappa shape index (κ2) is 4.81. The van der Waals surface area contributed by atoms with Crippen LogP contribution in [-0.4, -0.2) is 44.4 Å². The molecule has 2 heterocycles. The number of aromatic carboxylic acids is 1. The Morgan fingerprint density at radius 3 is 2.65 bits per heavy atom. The van der Waals surface area contributed by atoms with E-state index in [0.717, 1.165) is 5.69 Å². The van der Waals surface area contributed by atoms with Crippen LogP contribution in [0.3, 0.4) is 0 Å². The number of aromatic amines is 1. The number of nitrogens with zero attached hydrogens (tertiary/aromatic N) is 2. The average molecular weight is 281 g/mol. The van der Waals surface area contributed by atoms with Crippen LogP contribution < -0.4 is 0 Å². The number of nitrogens with one attached hydrogen (secondary N) is 1. The first-order valence-electron chi connectivity index (χ1n) is 6.47. The molecule has 0 fully saturated rings. The molecule has 0 radical (unpaired) electrons. The van der Waals surface area contributed by atoms with Gasteiger partial charge in [-0.1, -0.05) is 6.92 Å². The lowest BCUT2D eigenvalue weighted by Gasteiger charge is -2.32. The number of rotatable bonds is 1. The van der Waals surface area contributed by atoms with Gasteiger partial charge in [0.25, 0.3) is 0 Å². The van der Waals surface area contributed by atoms with Crippen molar-refractivity contribution in [3.8, 4) is 0 Å². The highest BCUT2D eigenvalue weighted by molar-refractivity contribution is 5.87. The van der Waals surface area contributed by atoms with Gasteiger partial charge in [-0.3, -0.25) is 5.10 Å². The smallest absolute Gasteiger partial charge is 0.410 e. The number of hydrogen-bond acceptors (Lipinski definition) is 4. The van der Waals surface area contributed by atoms with Gasteiger partial charge in [-0.2, -0.15) is 5.10 Å². The predicted octanol–water partition coefficient (Wildman–Crippen LogP) is 1.96. The maximum Gasteiger partial charge on any atom is 0.410 e. The molecule has 2 rings (SSSR count). The van der Waals surface area contributed by atoms with Crippen molar-refractivity contribution < 1.29 is 19.4 Å². The summed E-state index contributed by atoms with van der Waals surface area (Å²) in [7, 11) is 0. The van der Waals surface area contributed by atoms with Gasteiger partial charge in [0.15, 0.2) is 5.69 Å². The van der Waals surface area contributed by atoms with Crippen LogP contribution in [0.5, 0.6) is 0 Å². The van der Waals surface area contributed by atoms with Crippen molar-refractivity contribution in [3.63, 3.8) is 0 Å². The van der Waals surface area contributed by atoms with E-state index in [2.05, 4.69) is 10.2 Å². The molecule has 0 aromatic carbocycles. The minimum atomic E-state index is -1.10. The van der Waals surface area contributed by atoms with Crippen LogP contribution in [0.1, 0.15) is 55.4 Å². The van der Waals surface area contributed by atoms with E-state index in [1.54, 1.807) is 20.8 Å². The molecule has 0 bridgehead atoms. The van der Waals surface area contributed by atoms with E-state index < -0.39 is 17.7 Å². The first kappa shape index (κ1) is 14.4. The molecule has 0 spiro atoms. The summed E-state index contributed by atoms with van der Waals surface area (Å²) in [5, 5.41) is 15.7. The summed E-state index contributed by atoms with van der Waals surface area (Å²) < 4.78 is 5.33. The Labute approximate surface area is 116 Å². The van der Waals surface area contributed by atoms with Crippen LogP contribution in [-0.2, 0) is 11.3 Å². The van der Waals surface area contributed by atoms with Crippen LogP contribution in [0.2, 0.25) is 0 Å². The molecule has 0 aliphatic carbocycles. The Kier molecular flexibility index (Phi) is 3.45. The number of carbonyl (C=O) groups excluding carboxylic acids is 1. The number of H-pyrrole nitrogens is 1. The van der Waals surface area contributed by atoms with E-state index in [1.165, 1.54) is 4.90 Å². The van der Waals surface area contributed by atoms with Crippen molar-refractivity contribution >= 4 is 12.1 Å². The predicted molar refractivity (Wildman–Crippen MR) is 70.6 cm³/mol. The summed E-state index contributed by atoms with van der Waals surface area (Å²) in [6.07, 6.45) is -0.437. The fourth-order valence-electron chi connectivity index (χ4n) is 2.27. The van der Waals surface area contributed by atoms with Gasteiger partial charge in [-0.15, -0.1) is 0 Å². The second-order valence-corrected chi connectivity index (χ2v) is 6.03. The summed E-state index contributed by atoms with van der Waals surface area (Å²) >= 11 is 0. The van der Waals surface area contributed by atoms with Crippen LogP contribution in [0.15, 0.2) is 0 Å². The molecular weight excluding hydrogens is 262 g/mol. The zero-order chi connectivity index (χ0) is 15.1. The molecule has 20 heavy (non-hydrogen) atoms. The number of carboxylic acids is 1. The molecule has 0 saturated carbocycles. The van der Waals surface area contributed by atoms with Crippen LogP contribution in [0.4, 0.5) is 4.79 Å². The monoisotopic (exact) mass is 281 g/mol. The molecule has 0 unspecified atom stereocenters. The minimum absolute atomic E-state index is 0.00753. The van der Waals surface area contributed by atoms with E-state index in [1.807, 2.05) is 6.92 Å². The maximum atomic E-state index is 12.1. The maximum absolute atomic E-state index is 12.1. The fraction of sp³-hybridized carbons (Fsp3) is 0.615. The molecule has 2 N–H and O–H groups in total. The Hall–Kier alpha value is -2.05. The molecule has 1 aliphatic rings. The van der Waals surface area contributed by atoms with E-state index in [0.29, 0.717) is 12.1 Å². The van der Waals surface area contributed by atoms with Gasteiger partial charge in [0, 0.05) is 23.7 Å². The van der Waals surface area contributed by atoms with E-state index in [4.69, 9.17) is 9.84 Å². The van der Waals surface area contributed by atoms with Gasteiger partial charge >= 0.3 is 12.1 Å². The Balaban J connectivity index is 2.24. The standard InChI is InChI=1S/C13H19N3O4/c1-7-5-16(12(19)20-13(2,3)4)6-8-9(7)14-15-10(8)11(17)18/h7H,5-6H2,1-4H3,(H,14,15)(H,17,18)/t7-/m0/s1. The molecule has 0 saturated heterocycles. The van der Waals surface area contributed by atoms with Gasteiger partial charge in [0.05, 0.1) is 6.54 Å². The largest absolute Gasteiger partial charge is 0.476 e. The van der Waals surface area contributed by atoms with Crippen LogP contribution >= 0.6 is 0 Å². The molecule has 1 aromatic rings. The summed E-state index contributed by atoms with van der Waals surface area (Å²) in [6, 6.07) is 0. The lowest BCUT2D eigenvalue weighted by Crippen LogP contribution is -2.41. The zero-order valence-corrected chi connectivity index (χ0v) is 12.1. The number of aromatic nitrogens is 2. The van der Waals surface area contributed by atoms with Crippen molar-refractivity contribution in [3.05, 3.63) is 17.0 Å². The summed E-state index contributed by atoms with van der Waals surface area (Å²) in [5.41, 5.74) is 0.733. The third-order valence-electron chi connectivity index (χ3n) is 3.09. The Bertz CT molecular complexity index is 544. The van der Waals surface area contributed by atoms with Gasteiger partial charge in [-0.05, 0) is 20.8 Å². The van der Waals surface area contributed by atoms with Crippen LogP contribution in [0, 0.1) is 0 Å². The van der Waals surface area contributed by atoms with Gasteiger partial charge in [0.1, 0.15) is 5.60 Å². The highest BCUT2D eigenvalue weighted by Crippen LogP contribution is 2.29. The minimum Gasteiger partial charge on any atom is -0.476 e. The van der Waals surface area contributed by atoms with Crippen molar-refractivity contribution in [1.29, 1.82) is 0 Å². The van der Waals surface area contributed by atoms with Crippen molar-refractivity contribution in [1.82, 2.24) is 15.1 Å². The second-order valence-electron chi connectivity index (χ2n) is 6.03. The Morgan fingerprint density at radius 2 is 2.10 bits per heavy atom. The zero-order valence-electron chi connectivity index (χ0n) is 12.1. The lowest BCUT2D eigenvalue weighted by atomic mass is 9.97. The van der Waals surface area contributed by atoms with E-state index in [9.17, 15) is 9.59 Å². The molecule has 1 atom stereocenters. The van der Waals surface area contributed by atoms with E-state index in [-0.39, 0.29) is 18.2 Å². The van der Waals surface area contributed by atoms with E-state index >= 15 is 0 Å². The van der Waals surface area contributed by atoms with Crippen molar-refractivity contribution in [2.24, 2.45) is 0 Å². The fourth-order valence-corrected chi connectivity index (χ4v) is 2.27. The summed E-state index contributed by atoms with van der Waals surface area (Å²) in [5.74, 6) is -1.10. The summed E-state index contributed by atoms with van der Waals surface area (Å²) in [4.78, 5) is 24.7. The highest BCUT2D eigenvalue weighted by atomic mass is 16.6. The molecule has 1 aliphatic heterocycles. The molecule has 110 valence electrons. The first-order chi connectivity index (χ1) is 9.19. The highest BCUT2D eigenvalue weighted by Gasteiger charge is 2.33. The van der Waals surface area contributed by atoms with Crippen molar-refractivity contribution in [2.75, 3.05) is 6.54 Å². The van der Waals surface area contributed by atoms with Gasteiger partial charge in [0.2, 0.25) is 0 Å². The first-order valence-corrected chi connectivity index (χ1v) is 6.47. The quantitative estimate of drug-likeness (QED) is 0.820. The molecule has 7 heteroatoms. The number of carboxylic acid groups (broad SMARTS) is 1. The summed E-state index contributed by atoms with van der Waals surface area (Å²) in [6.45, 7) is 7.98. The number of ether oxygens (including phenoxy) is 1. The SMILES string of the molecule is C[C@H]1CN(C(=O)OC(C)(C)C)Cc2c(C(=O)O)n[nH]c21. The molecule has 7 nitrogen and oxygen atoms in total. The third-order valence-corrected chi connectivity index (χ3v) is 3.09. The normalized spacial score (nSPS) is 18.6. The third kappa shape index (κ3) is 2.76.